The largest absolute Gasteiger partial charge is 0.496 e. The highest BCUT2D eigenvalue weighted by atomic mass is 16.5. The second-order valence-electron chi connectivity index (χ2n) is 5.53. The molecule has 0 unspecified atom stereocenters. The van der Waals surface area contributed by atoms with Crippen LogP contribution in [0.5, 0.6) is 23.0 Å². The topological polar surface area (TPSA) is 97.4 Å². The Kier molecular flexibility index (Phi) is 6.59. The molecule has 0 aromatic heterocycles. The van der Waals surface area contributed by atoms with Gasteiger partial charge in [-0.05, 0) is 24.3 Å². The molecule has 148 valence electrons. The molecule has 0 saturated carbocycles. The molecule has 0 N–H and O–H groups in total. The first-order valence-corrected chi connectivity index (χ1v) is 8.17. The second kappa shape index (κ2) is 8.90. The molecule has 8 nitrogen and oxygen atoms in total. The lowest BCUT2D eigenvalue weighted by atomic mass is 9.98. The molecule has 0 amide bonds. The van der Waals surface area contributed by atoms with E-state index in [0.717, 1.165) is 0 Å². The molecule has 0 saturated heterocycles. The zero-order valence-electron chi connectivity index (χ0n) is 16.2. The van der Waals surface area contributed by atoms with Crippen LogP contribution in [0.4, 0.5) is 0 Å². The average molecular weight is 388 g/mol. The molecule has 0 spiro atoms. The molecule has 0 radical (unpaired) electrons. The monoisotopic (exact) mass is 388 g/mol. The van der Waals surface area contributed by atoms with Crippen LogP contribution in [0.3, 0.4) is 0 Å². The Morgan fingerprint density at radius 2 is 1.29 bits per heavy atom. The van der Waals surface area contributed by atoms with E-state index in [2.05, 4.69) is 0 Å². The fourth-order valence-corrected chi connectivity index (χ4v) is 2.69. The molecule has 8 heteroatoms. The Morgan fingerprint density at radius 3 is 1.71 bits per heavy atom. The highest BCUT2D eigenvalue weighted by Gasteiger charge is 2.27. The Balaban J connectivity index is 2.93. The number of hydrogen-bond acceptors (Lipinski definition) is 8. The van der Waals surface area contributed by atoms with Gasteiger partial charge in [0, 0.05) is 13.8 Å². The number of hydrogen-bond donors (Lipinski definition) is 0. The minimum absolute atomic E-state index is 0.102. The maximum Gasteiger partial charge on any atom is 0.341 e. The van der Waals surface area contributed by atoms with Gasteiger partial charge >= 0.3 is 17.9 Å². The highest BCUT2D eigenvalue weighted by molar-refractivity contribution is 5.99. The zero-order chi connectivity index (χ0) is 20.8. The summed E-state index contributed by atoms with van der Waals surface area (Å²) in [5.74, 6) is -1.18. The normalized spacial score (nSPS) is 10.0. The molecule has 0 aliphatic carbocycles. The lowest BCUT2D eigenvalue weighted by molar-refractivity contribution is -0.132. The molecule has 0 bridgehead atoms. The van der Waals surface area contributed by atoms with Crippen LogP contribution in [0, 0.1) is 0 Å². The van der Waals surface area contributed by atoms with Gasteiger partial charge in [0.05, 0.1) is 32.5 Å². The first kappa shape index (κ1) is 20.8. The fraction of sp³-hybridized carbons (Fsp3) is 0.250. The maximum absolute atomic E-state index is 12.2. The summed E-state index contributed by atoms with van der Waals surface area (Å²) >= 11 is 0. The van der Waals surface area contributed by atoms with E-state index in [-0.39, 0.29) is 33.9 Å². The van der Waals surface area contributed by atoms with Crippen LogP contribution in [-0.4, -0.2) is 39.2 Å². The van der Waals surface area contributed by atoms with Crippen LogP contribution in [-0.2, 0) is 14.3 Å². The van der Waals surface area contributed by atoms with Crippen molar-refractivity contribution in [2.75, 3.05) is 21.3 Å². The standard InChI is InChI=1S/C20H20O8/c1-11(21)27-15-7-6-8-16(28-12(2)22)17(15)18-14(24-3)10-9-13(19(18)25-4)20(23)26-5/h6-10H,1-5H3. The molecule has 2 aromatic rings. The van der Waals surface area contributed by atoms with Crippen molar-refractivity contribution in [3.63, 3.8) is 0 Å². The first-order valence-electron chi connectivity index (χ1n) is 8.17. The van der Waals surface area contributed by atoms with Crippen LogP contribution in [0.25, 0.3) is 11.1 Å². The van der Waals surface area contributed by atoms with Crippen LogP contribution in [0.1, 0.15) is 24.2 Å². The van der Waals surface area contributed by atoms with E-state index < -0.39 is 17.9 Å². The van der Waals surface area contributed by atoms with Crippen molar-refractivity contribution in [1.29, 1.82) is 0 Å². The van der Waals surface area contributed by atoms with Crippen molar-refractivity contribution in [3.8, 4) is 34.1 Å². The van der Waals surface area contributed by atoms with E-state index in [4.69, 9.17) is 23.7 Å². The van der Waals surface area contributed by atoms with Gasteiger partial charge in [0.1, 0.15) is 28.6 Å². The van der Waals surface area contributed by atoms with Crippen molar-refractivity contribution < 1.29 is 38.1 Å². The van der Waals surface area contributed by atoms with Crippen molar-refractivity contribution in [2.24, 2.45) is 0 Å². The van der Waals surface area contributed by atoms with E-state index in [0.29, 0.717) is 5.75 Å². The number of ether oxygens (including phenoxy) is 5. The molecule has 0 aliphatic rings. The van der Waals surface area contributed by atoms with Crippen LogP contribution >= 0.6 is 0 Å². The summed E-state index contributed by atoms with van der Waals surface area (Å²) in [5.41, 5.74) is 0.598. The molecule has 0 aliphatic heterocycles. The average Bonchev–Trinajstić information content (AvgIpc) is 2.65. The lowest BCUT2D eigenvalue weighted by Crippen LogP contribution is -2.09. The van der Waals surface area contributed by atoms with Gasteiger partial charge in [-0.3, -0.25) is 9.59 Å². The third kappa shape index (κ3) is 4.22. The number of benzene rings is 2. The van der Waals surface area contributed by atoms with Gasteiger partial charge in [-0.15, -0.1) is 0 Å². The van der Waals surface area contributed by atoms with Crippen molar-refractivity contribution in [2.45, 2.75) is 13.8 Å². The van der Waals surface area contributed by atoms with Crippen molar-refractivity contribution in [3.05, 3.63) is 35.9 Å². The van der Waals surface area contributed by atoms with Crippen LogP contribution in [0.2, 0.25) is 0 Å². The van der Waals surface area contributed by atoms with Gasteiger partial charge in [0.25, 0.3) is 0 Å². The summed E-state index contributed by atoms with van der Waals surface area (Å²) in [6.45, 7) is 2.48. The summed E-state index contributed by atoms with van der Waals surface area (Å²) in [7, 11) is 4.03. The van der Waals surface area contributed by atoms with E-state index in [1.165, 1.54) is 59.4 Å². The van der Waals surface area contributed by atoms with E-state index in [9.17, 15) is 14.4 Å². The quantitative estimate of drug-likeness (QED) is 0.550. The SMILES string of the molecule is COC(=O)c1ccc(OC)c(-c2c(OC(C)=O)cccc2OC(C)=O)c1OC. The minimum atomic E-state index is -0.639. The molecule has 0 atom stereocenters. The molecular formula is C20H20O8. The Labute approximate surface area is 161 Å². The molecule has 0 fully saturated rings. The third-order valence-electron chi connectivity index (χ3n) is 3.69. The van der Waals surface area contributed by atoms with Crippen molar-refractivity contribution >= 4 is 17.9 Å². The fourth-order valence-electron chi connectivity index (χ4n) is 2.69. The van der Waals surface area contributed by atoms with Crippen LogP contribution < -0.4 is 18.9 Å². The summed E-state index contributed by atoms with van der Waals surface area (Å²) in [5, 5.41) is 0. The highest BCUT2D eigenvalue weighted by Crippen LogP contribution is 2.49. The number of carbonyl (C=O) groups is 3. The van der Waals surface area contributed by atoms with Gasteiger partial charge in [0.15, 0.2) is 0 Å². The number of carbonyl (C=O) groups excluding carboxylic acids is 3. The van der Waals surface area contributed by atoms with Gasteiger partial charge in [-0.2, -0.15) is 0 Å². The number of methoxy groups -OCH3 is 3. The predicted octanol–water partition coefficient (Wildman–Crippen LogP) is 3.01. The maximum atomic E-state index is 12.2. The summed E-state index contributed by atoms with van der Waals surface area (Å²) < 4.78 is 26.3. The Bertz CT molecular complexity index is 882. The molecule has 0 heterocycles. The van der Waals surface area contributed by atoms with E-state index in [1.54, 1.807) is 6.07 Å². The number of esters is 3. The van der Waals surface area contributed by atoms with Gasteiger partial charge in [-0.25, -0.2) is 4.79 Å². The van der Waals surface area contributed by atoms with E-state index >= 15 is 0 Å². The molecule has 2 aromatic carbocycles. The molecule has 2 rings (SSSR count). The summed E-state index contributed by atoms with van der Waals surface area (Å²) in [6, 6.07) is 7.61. The Hall–Kier alpha value is -3.55. The zero-order valence-corrected chi connectivity index (χ0v) is 16.2. The smallest absolute Gasteiger partial charge is 0.341 e. The second-order valence-corrected chi connectivity index (χ2v) is 5.53. The molecular weight excluding hydrogens is 368 g/mol. The predicted molar refractivity (Wildman–Crippen MR) is 98.9 cm³/mol. The minimum Gasteiger partial charge on any atom is -0.496 e. The van der Waals surface area contributed by atoms with E-state index in [1.807, 2.05) is 0 Å². The van der Waals surface area contributed by atoms with Gasteiger partial charge < -0.3 is 23.7 Å². The summed E-state index contributed by atoms with van der Waals surface area (Å²) in [6.07, 6.45) is 0. The van der Waals surface area contributed by atoms with Gasteiger partial charge in [0.2, 0.25) is 0 Å². The van der Waals surface area contributed by atoms with Gasteiger partial charge in [-0.1, -0.05) is 6.07 Å². The van der Waals surface area contributed by atoms with Crippen molar-refractivity contribution in [1.82, 2.24) is 0 Å². The summed E-state index contributed by atoms with van der Waals surface area (Å²) in [4.78, 5) is 35.4. The number of rotatable bonds is 6. The van der Waals surface area contributed by atoms with Crippen LogP contribution in [0.15, 0.2) is 30.3 Å². The lowest BCUT2D eigenvalue weighted by Gasteiger charge is -2.20. The Morgan fingerprint density at radius 1 is 0.714 bits per heavy atom. The molecule has 28 heavy (non-hydrogen) atoms. The third-order valence-corrected chi connectivity index (χ3v) is 3.69. The first-order chi connectivity index (χ1) is 13.3.